The lowest BCUT2D eigenvalue weighted by atomic mass is 10.2. The fourth-order valence-electron chi connectivity index (χ4n) is 1.57. The zero-order chi connectivity index (χ0) is 13.1. The molecule has 0 radical (unpaired) electrons. The first kappa shape index (κ1) is 12.7. The number of carbonyl (C=O) groups is 2. The predicted octanol–water partition coefficient (Wildman–Crippen LogP) is 1.39. The number of amides is 2. The molecule has 0 bridgehead atoms. The van der Waals surface area contributed by atoms with Crippen molar-refractivity contribution in [3.05, 3.63) is 34.7 Å². The Morgan fingerprint density at radius 2 is 2.06 bits per heavy atom. The summed E-state index contributed by atoms with van der Waals surface area (Å²) in [7, 11) is 0. The monoisotopic (exact) mass is 264 g/mol. The van der Waals surface area contributed by atoms with Gasteiger partial charge < -0.3 is 10.8 Å². The van der Waals surface area contributed by atoms with E-state index in [9.17, 15) is 14.7 Å². The number of benzene rings is 1. The Hall–Kier alpha value is -1.79. The van der Waals surface area contributed by atoms with Gasteiger partial charge in [-0.25, -0.2) is 0 Å². The van der Waals surface area contributed by atoms with E-state index in [1.54, 1.807) is 18.2 Å². The van der Waals surface area contributed by atoms with Crippen LogP contribution in [0.4, 0.5) is 4.79 Å². The molecule has 18 heavy (non-hydrogen) atoms. The second-order valence-electron chi connectivity index (χ2n) is 3.68. The van der Waals surface area contributed by atoms with Gasteiger partial charge in [0.1, 0.15) is 5.75 Å². The summed E-state index contributed by atoms with van der Waals surface area (Å²) in [5.74, 6) is -0.290. The average molecular weight is 264 g/mol. The van der Waals surface area contributed by atoms with Crippen molar-refractivity contribution in [1.82, 2.24) is 4.90 Å². The van der Waals surface area contributed by atoms with Crippen molar-refractivity contribution in [1.29, 1.82) is 0 Å². The van der Waals surface area contributed by atoms with E-state index in [4.69, 9.17) is 5.73 Å². The molecule has 5 nitrogen and oxygen atoms in total. The molecule has 1 fully saturated rings. The molecule has 1 aliphatic heterocycles. The Labute approximate surface area is 108 Å². The molecule has 1 aliphatic rings. The highest BCUT2D eigenvalue weighted by Gasteiger charge is 2.34. The first-order valence-electron chi connectivity index (χ1n) is 5.37. The smallest absolute Gasteiger partial charge is 0.293 e. The summed E-state index contributed by atoms with van der Waals surface area (Å²) in [5.41, 5.74) is 5.85. The number of nitrogens with zero attached hydrogens (tertiary/aromatic N) is 1. The minimum atomic E-state index is -0.362. The molecule has 94 valence electrons. The minimum absolute atomic E-state index is 0.0723. The third-order valence-corrected chi connectivity index (χ3v) is 3.36. The number of imide groups is 1. The van der Waals surface area contributed by atoms with Gasteiger partial charge >= 0.3 is 0 Å². The largest absolute Gasteiger partial charge is 0.507 e. The highest BCUT2D eigenvalue weighted by Crippen LogP contribution is 2.33. The first-order valence-corrected chi connectivity index (χ1v) is 6.18. The maximum atomic E-state index is 11.9. The van der Waals surface area contributed by atoms with Gasteiger partial charge in [-0.3, -0.25) is 14.5 Å². The third-order valence-electron chi connectivity index (χ3n) is 2.45. The van der Waals surface area contributed by atoms with Crippen LogP contribution in [0, 0.1) is 0 Å². The molecule has 6 heteroatoms. The van der Waals surface area contributed by atoms with E-state index in [2.05, 4.69) is 0 Å². The van der Waals surface area contributed by atoms with Gasteiger partial charge in [0.05, 0.1) is 4.91 Å². The van der Waals surface area contributed by atoms with Crippen molar-refractivity contribution in [2.45, 2.75) is 0 Å². The summed E-state index contributed by atoms with van der Waals surface area (Å²) in [6.45, 7) is 0.449. The Morgan fingerprint density at radius 1 is 1.33 bits per heavy atom. The van der Waals surface area contributed by atoms with E-state index >= 15 is 0 Å². The maximum absolute atomic E-state index is 11.9. The van der Waals surface area contributed by atoms with Crippen LogP contribution in [0.1, 0.15) is 5.56 Å². The van der Waals surface area contributed by atoms with Crippen LogP contribution in [0.15, 0.2) is 29.2 Å². The summed E-state index contributed by atoms with van der Waals surface area (Å²) in [6, 6.07) is 6.63. The first-order chi connectivity index (χ1) is 8.63. The van der Waals surface area contributed by atoms with Crippen LogP contribution < -0.4 is 5.73 Å². The molecule has 0 atom stereocenters. The number of rotatable bonds is 3. The number of phenols is 1. The number of para-hydroxylation sites is 1. The van der Waals surface area contributed by atoms with Crippen molar-refractivity contribution in [2.75, 3.05) is 13.1 Å². The van der Waals surface area contributed by atoms with Crippen LogP contribution in [0.2, 0.25) is 0 Å². The number of aromatic hydroxyl groups is 1. The number of hydrogen-bond donors (Lipinski definition) is 2. The highest BCUT2D eigenvalue weighted by atomic mass is 32.2. The van der Waals surface area contributed by atoms with E-state index in [1.807, 2.05) is 0 Å². The molecular formula is C12H12N2O3S. The minimum Gasteiger partial charge on any atom is -0.507 e. The third kappa shape index (κ3) is 2.39. The summed E-state index contributed by atoms with van der Waals surface area (Å²) >= 11 is 0.857. The molecule has 3 N–H and O–H groups in total. The average Bonchev–Trinajstić information content (AvgIpc) is 2.60. The zero-order valence-corrected chi connectivity index (χ0v) is 10.3. The van der Waals surface area contributed by atoms with Gasteiger partial charge in [0.25, 0.3) is 11.1 Å². The van der Waals surface area contributed by atoms with Crippen molar-refractivity contribution >= 4 is 29.0 Å². The Morgan fingerprint density at radius 3 is 2.72 bits per heavy atom. The van der Waals surface area contributed by atoms with Crippen molar-refractivity contribution < 1.29 is 14.7 Å². The molecule has 0 saturated carbocycles. The molecule has 2 rings (SSSR count). The topological polar surface area (TPSA) is 83.6 Å². The summed E-state index contributed by atoms with van der Waals surface area (Å²) < 4.78 is 0. The van der Waals surface area contributed by atoms with E-state index < -0.39 is 0 Å². The number of thioether (sulfide) groups is 1. The maximum Gasteiger partial charge on any atom is 0.293 e. The lowest BCUT2D eigenvalue weighted by molar-refractivity contribution is -0.122. The second-order valence-corrected chi connectivity index (χ2v) is 4.67. The highest BCUT2D eigenvalue weighted by molar-refractivity contribution is 8.18. The van der Waals surface area contributed by atoms with Crippen LogP contribution in [-0.2, 0) is 4.79 Å². The van der Waals surface area contributed by atoms with E-state index in [-0.39, 0.29) is 30.0 Å². The Kier molecular flexibility index (Phi) is 3.69. The molecule has 1 saturated heterocycles. The van der Waals surface area contributed by atoms with Crippen LogP contribution >= 0.6 is 11.8 Å². The molecule has 0 aromatic heterocycles. The summed E-state index contributed by atoms with van der Waals surface area (Å²) in [5, 5.41) is 9.28. The zero-order valence-electron chi connectivity index (χ0n) is 9.50. The van der Waals surface area contributed by atoms with Gasteiger partial charge in [0, 0.05) is 18.7 Å². The fraction of sp³-hybridized carbons (Fsp3) is 0.167. The molecule has 2 amide bonds. The Balaban J connectivity index is 2.28. The van der Waals surface area contributed by atoms with Gasteiger partial charge in [-0.05, 0) is 23.9 Å². The van der Waals surface area contributed by atoms with Crippen molar-refractivity contribution in [2.24, 2.45) is 5.73 Å². The van der Waals surface area contributed by atoms with Crippen LogP contribution in [0.25, 0.3) is 6.08 Å². The molecule has 1 aromatic rings. The molecular weight excluding hydrogens is 252 g/mol. The summed E-state index contributed by atoms with van der Waals surface area (Å²) in [4.78, 5) is 24.9. The number of phenolic OH excluding ortho intramolecular Hbond substituents is 1. The van der Waals surface area contributed by atoms with Crippen LogP contribution in [0.3, 0.4) is 0 Å². The normalized spacial score (nSPS) is 17.8. The lowest BCUT2D eigenvalue weighted by Crippen LogP contribution is -2.33. The van der Waals surface area contributed by atoms with Gasteiger partial charge in [0.2, 0.25) is 0 Å². The van der Waals surface area contributed by atoms with Crippen LogP contribution in [0.5, 0.6) is 5.75 Å². The number of hydrogen-bond acceptors (Lipinski definition) is 5. The SMILES string of the molecule is NCCN1C(=O)SC(=Cc2ccccc2O)C1=O. The van der Waals surface area contributed by atoms with E-state index in [1.165, 1.54) is 12.1 Å². The van der Waals surface area contributed by atoms with Crippen molar-refractivity contribution in [3.63, 3.8) is 0 Å². The van der Waals surface area contributed by atoms with E-state index in [0.717, 1.165) is 16.7 Å². The molecule has 1 aromatic carbocycles. The molecule has 0 unspecified atom stereocenters. The number of carbonyl (C=O) groups excluding carboxylic acids is 2. The van der Waals surface area contributed by atoms with Gasteiger partial charge in [-0.15, -0.1) is 0 Å². The van der Waals surface area contributed by atoms with Crippen molar-refractivity contribution in [3.8, 4) is 5.75 Å². The van der Waals surface area contributed by atoms with Gasteiger partial charge in [-0.2, -0.15) is 0 Å². The molecule has 0 spiro atoms. The lowest BCUT2D eigenvalue weighted by Gasteiger charge is -2.09. The quantitative estimate of drug-likeness (QED) is 0.806. The van der Waals surface area contributed by atoms with Crippen LogP contribution in [-0.4, -0.2) is 34.2 Å². The van der Waals surface area contributed by atoms with Gasteiger partial charge in [-0.1, -0.05) is 18.2 Å². The predicted molar refractivity (Wildman–Crippen MR) is 69.8 cm³/mol. The molecule has 1 heterocycles. The molecule has 0 aliphatic carbocycles. The number of nitrogens with two attached hydrogens (primary N) is 1. The van der Waals surface area contributed by atoms with E-state index in [0.29, 0.717) is 10.5 Å². The second kappa shape index (κ2) is 5.24. The fourth-order valence-corrected chi connectivity index (χ4v) is 2.43. The summed E-state index contributed by atoms with van der Waals surface area (Å²) in [6.07, 6.45) is 1.51. The Bertz CT molecular complexity index is 528. The standard InChI is InChI=1S/C12H12N2O3S/c13-5-6-14-11(16)10(18-12(14)17)7-8-3-1-2-4-9(8)15/h1-4,7,15H,5-6,13H2. The van der Waals surface area contributed by atoms with Gasteiger partial charge in [0.15, 0.2) is 0 Å².